The van der Waals surface area contributed by atoms with E-state index < -0.39 is 6.04 Å². The van der Waals surface area contributed by atoms with E-state index in [0.717, 1.165) is 21.8 Å². The Morgan fingerprint density at radius 1 is 1.15 bits per heavy atom. The van der Waals surface area contributed by atoms with Crippen LogP contribution in [0.15, 0.2) is 24.3 Å². The van der Waals surface area contributed by atoms with Gasteiger partial charge >= 0.3 is 0 Å². The van der Waals surface area contributed by atoms with Gasteiger partial charge in [-0.25, -0.2) is 4.98 Å². The van der Waals surface area contributed by atoms with Gasteiger partial charge in [0.2, 0.25) is 11.8 Å². The standard InChI is InChI=1S/C25H36N4O3S/c1-15-23(33-18(4)26-15)20-11-9-19(10-12-20)16(2)28(7)25(31)22-13-21(32-8)14-29(22)24(30)17(3)27(5)6/h9-12,16-17,21-22H,13-14H2,1-8H3. The topological polar surface area (TPSA) is 66.0 Å². The molecule has 1 aromatic carbocycles. The number of aromatic nitrogens is 1. The van der Waals surface area contributed by atoms with Gasteiger partial charge in [0.15, 0.2) is 0 Å². The number of methoxy groups -OCH3 is 1. The highest BCUT2D eigenvalue weighted by Gasteiger charge is 2.43. The summed E-state index contributed by atoms with van der Waals surface area (Å²) in [6, 6.07) is 7.39. The van der Waals surface area contributed by atoms with E-state index >= 15 is 0 Å². The van der Waals surface area contributed by atoms with Gasteiger partial charge < -0.3 is 14.5 Å². The van der Waals surface area contributed by atoms with Crippen molar-refractivity contribution in [3.8, 4) is 10.4 Å². The second-order valence-corrected chi connectivity index (χ2v) is 10.3. The number of amides is 2. The van der Waals surface area contributed by atoms with Gasteiger partial charge in [-0.2, -0.15) is 0 Å². The molecule has 1 aliphatic heterocycles. The van der Waals surface area contributed by atoms with E-state index in [4.69, 9.17) is 4.74 Å². The van der Waals surface area contributed by atoms with E-state index in [1.54, 1.807) is 28.2 Å². The van der Waals surface area contributed by atoms with Gasteiger partial charge in [-0.1, -0.05) is 24.3 Å². The third kappa shape index (κ3) is 5.28. The van der Waals surface area contributed by atoms with Crippen LogP contribution in [-0.2, 0) is 14.3 Å². The number of aryl methyl sites for hydroxylation is 2. The molecule has 33 heavy (non-hydrogen) atoms. The first-order chi connectivity index (χ1) is 15.5. The van der Waals surface area contributed by atoms with Crippen molar-refractivity contribution in [1.82, 2.24) is 19.7 Å². The fourth-order valence-electron chi connectivity index (χ4n) is 4.27. The molecule has 4 unspecified atom stereocenters. The van der Waals surface area contributed by atoms with E-state index in [1.165, 1.54) is 4.88 Å². The summed E-state index contributed by atoms with van der Waals surface area (Å²) in [5, 5.41) is 1.05. The highest BCUT2D eigenvalue weighted by atomic mass is 32.1. The molecule has 0 spiro atoms. The number of ether oxygens (including phenoxy) is 1. The quantitative estimate of drug-likeness (QED) is 0.617. The predicted octanol–water partition coefficient (Wildman–Crippen LogP) is 3.51. The molecule has 0 bridgehead atoms. The molecule has 2 heterocycles. The molecular weight excluding hydrogens is 436 g/mol. The zero-order valence-electron chi connectivity index (χ0n) is 21.0. The van der Waals surface area contributed by atoms with Crippen LogP contribution in [0.5, 0.6) is 0 Å². The minimum atomic E-state index is -0.514. The van der Waals surface area contributed by atoms with Gasteiger partial charge in [0.25, 0.3) is 0 Å². The Morgan fingerprint density at radius 2 is 1.79 bits per heavy atom. The molecule has 1 aromatic heterocycles. The average molecular weight is 473 g/mol. The van der Waals surface area contributed by atoms with Crippen LogP contribution in [0.25, 0.3) is 10.4 Å². The van der Waals surface area contributed by atoms with Gasteiger partial charge in [0.05, 0.1) is 33.8 Å². The van der Waals surface area contributed by atoms with Gasteiger partial charge in [-0.15, -0.1) is 11.3 Å². The third-order valence-corrected chi connectivity index (χ3v) is 7.91. The summed E-state index contributed by atoms with van der Waals surface area (Å²) in [6.07, 6.45) is 0.382. The van der Waals surface area contributed by atoms with Gasteiger partial charge in [0.1, 0.15) is 6.04 Å². The number of likely N-dealkylation sites (tertiary alicyclic amines) is 1. The van der Waals surface area contributed by atoms with E-state index in [-0.39, 0.29) is 30.0 Å². The molecule has 8 heteroatoms. The van der Waals surface area contributed by atoms with Crippen molar-refractivity contribution in [1.29, 1.82) is 0 Å². The summed E-state index contributed by atoms with van der Waals surface area (Å²) in [5.74, 6) is -0.0992. The zero-order chi connectivity index (χ0) is 24.4. The second-order valence-electron chi connectivity index (χ2n) is 9.13. The number of hydrogen-bond acceptors (Lipinski definition) is 6. The molecule has 0 N–H and O–H groups in total. The van der Waals surface area contributed by atoms with E-state index in [0.29, 0.717) is 13.0 Å². The van der Waals surface area contributed by atoms with Crippen LogP contribution < -0.4 is 0 Å². The maximum absolute atomic E-state index is 13.5. The number of benzene rings is 1. The Morgan fingerprint density at radius 3 is 2.30 bits per heavy atom. The zero-order valence-corrected chi connectivity index (χ0v) is 21.8. The Labute approximate surface area is 201 Å². The summed E-state index contributed by atoms with van der Waals surface area (Å²) in [6.45, 7) is 8.37. The van der Waals surface area contributed by atoms with Gasteiger partial charge in [-0.3, -0.25) is 14.5 Å². The second kappa shape index (κ2) is 10.3. The first-order valence-corrected chi connectivity index (χ1v) is 12.2. The van der Waals surface area contributed by atoms with Crippen molar-refractivity contribution < 1.29 is 14.3 Å². The van der Waals surface area contributed by atoms with Crippen molar-refractivity contribution >= 4 is 23.2 Å². The van der Waals surface area contributed by atoms with E-state index in [9.17, 15) is 9.59 Å². The molecule has 1 aliphatic rings. The van der Waals surface area contributed by atoms with Crippen molar-refractivity contribution in [2.45, 2.75) is 58.3 Å². The maximum Gasteiger partial charge on any atom is 0.245 e. The monoisotopic (exact) mass is 472 g/mol. The molecule has 180 valence electrons. The molecule has 1 saturated heterocycles. The van der Waals surface area contributed by atoms with Crippen molar-refractivity contribution in [3.05, 3.63) is 40.5 Å². The van der Waals surface area contributed by atoms with Crippen LogP contribution in [0.3, 0.4) is 0 Å². The number of carbonyl (C=O) groups excluding carboxylic acids is 2. The smallest absolute Gasteiger partial charge is 0.245 e. The minimum Gasteiger partial charge on any atom is -0.380 e. The normalized spacial score (nSPS) is 20.2. The van der Waals surface area contributed by atoms with E-state index in [2.05, 4.69) is 29.2 Å². The highest BCUT2D eigenvalue weighted by Crippen LogP contribution is 2.32. The molecule has 1 fully saturated rings. The number of nitrogens with zero attached hydrogens (tertiary/aromatic N) is 4. The van der Waals surface area contributed by atoms with Crippen LogP contribution >= 0.6 is 11.3 Å². The Kier molecular flexibility index (Phi) is 7.92. The summed E-state index contributed by atoms with van der Waals surface area (Å²) >= 11 is 1.69. The lowest BCUT2D eigenvalue weighted by atomic mass is 10.0. The van der Waals surface area contributed by atoms with Crippen LogP contribution in [0.4, 0.5) is 0 Å². The first kappa shape index (κ1) is 25.3. The number of hydrogen-bond donors (Lipinski definition) is 0. The molecule has 2 aromatic rings. The molecule has 0 radical (unpaired) electrons. The molecule has 4 atom stereocenters. The summed E-state index contributed by atoms with van der Waals surface area (Å²) in [7, 11) is 7.19. The fraction of sp³-hybridized carbons (Fsp3) is 0.560. The minimum absolute atomic E-state index is 0.0430. The number of thiazole rings is 1. The van der Waals surface area contributed by atoms with Gasteiger partial charge in [-0.05, 0) is 52.9 Å². The lowest BCUT2D eigenvalue weighted by molar-refractivity contribution is -0.146. The molecule has 0 aliphatic carbocycles. The van der Waals surface area contributed by atoms with E-state index in [1.807, 2.05) is 53.7 Å². The Balaban J connectivity index is 1.77. The summed E-state index contributed by atoms with van der Waals surface area (Å²) in [5.41, 5.74) is 3.22. The summed E-state index contributed by atoms with van der Waals surface area (Å²) in [4.78, 5) is 37.6. The molecule has 7 nitrogen and oxygen atoms in total. The van der Waals surface area contributed by atoms with Crippen molar-refractivity contribution in [2.24, 2.45) is 0 Å². The maximum atomic E-state index is 13.5. The largest absolute Gasteiger partial charge is 0.380 e. The summed E-state index contributed by atoms with van der Waals surface area (Å²) < 4.78 is 5.52. The Bertz CT molecular complexity index is 988. The predicted molar refractivity (Wildman–Crippen MR) is 132 cm³/mol. The van der Waals surface area contributed by atoms with Crippen LogP contribution in [0, 0.1) is 13.8 Å². The van der Waals surface area contributed by atoms with Crippen molar-refractivity contribution in [3.63, 3.8) is 0 Å². The molecule has 3 rings (SSSR count). The lowest BCUT2D eigenvalue weighted by Gasteiger charge is -2.33. The number of likely N-dealkylation sites (N-methyl/N-ethyl adjacent to an activating group) is 2. The van der Waals surface area contributed by atoms with Gasteiger partial charge in [0, 0.05) is 27.1 Å². The number of carbonyl (C=O) groups is 2. The number of rotatable bonds is 7. The highest BCUT2D eigenvalue weighted by molar-refractivity contribution is 7.15. The third-order valence-electron chi connectivity index (χ3n) is 6.78. The average Bonchev–Trinajstić information content (AvgIpc) is 3.39. The lowest BCUT2D eigenvalue weighted by Crippen LogP contribution is -2.51. The van der Waals surface area contributed by atoms with Crippen LogP contribution in [0.1, 0.15) is 42.6 Å². The Hall–Kier alpha value is -2.29. The molecule has 0 saturated carbocycles. The fourth-order valence-corrected chi connectivity index (χ4v) is 5.19. The van der Waals surface area contributed by atoms with Crippen LogP contribution in [-0.4, -0.2) is 84.5 Å². The molecule has 2 amide bonds. The first-order valence-electron chi connectivity index (χ1n) is 11.4. The molecular formula is C25H36N4O3S. The van der Waals surface area contributed by atoms with Crippen molar-refractivity contribution in [2.75, 3.05) is 34.8 Å². The SMILES string of the molecule is COC1CC(C(=O)N(C)C(C)c2ccc(-c3sc(C)nc3C)cc2)N(C(=O)C(C)N(C)C)C1. The van der Waals surface area contributed by atoms with Crippen LogP contribution in [0.2, 0.25) is 0 Å².